The van der Waals surface area contributed by atoms with Crippen molar-refractivity contribution < 1.29 is 0 Å². The Morgan fingerprint density at radius 2 is 1.92 bits per heavy atom. The molecule has 0 atom stereocenters. The minimum Gasteiger partial charge on any atom is -0.347 e. The molecule has 0 aliphatic carbocycles. The number of halogens is 1. The molecule has 1 saturated heterocycles. The summed E-state index contributed by atoms with van der Waals surface area (Å²) in [5.74, 6) is 0. The second kappa shape index (κ2) is 6.28. The maximum absolute atomic E-state index is 6.26. The SMILES string of the molecule is CN(c1nnc(-c2[c]cccc2Cl)s1)C1CC(C)(C)NC(C)(C)C1. The maximum atomic E-state index is 6.26. The van der Waals surface area contributed by atoms with Crippen molar-refractivity contribution in [2.45, 2.75) is 57.7 Å². The molecule has 0 amide bonds. The van der Waals surface area contributed by atoms with Gasteiger partial charge in [0, 0.05) is 29.7 Å². The second-order valence-electron chi connectivity index (χ2n) is 7.85. The first-order valence-corrected chi connectivity index (χ1v) is 9.39. The van der Waals surface area contributed by atoms with E-state index in [2.05, 4.69) is 61.2 Å². The lowest BCUT2D eigenvalue weighted by atomic mass is 9.79. The van der Waals surface area contributed by atoms with Crippen LogP contribution in [0.2, 0.25) is 5.02 Å². The normalized spacial score (nSPS) is 20.1. The molecule has 6 heteroatoms. The van der Waals surface area contributed by atoms with Crippen molar-refractivity contribution in [1.82, 2.24) is 15.5 Å². The topological polar surface area (TPSA) is 41.1 Å². The van der Waals surface area contributed by atoms with Gasteiger partial charge in [-0.05, 0) is 52.7 Å². The van der Waals surface area contributed by atoms with Crippen LogP contribution in [0.1, 0.15) is 40.5 Å². The third kappa shape index (κ3) is 3.73. The second-order valence-corrected chi connectivity index (χ2v) is 9.21. The highest BCUT2D eigenvalue weighted by atomic mass is 35.5. The number of hydrogen-bond acceptors (Lipinski definition) is 5. The zero-order valence-corrected chi connectivity index (χ0v) is 16.4. The lowest BCUT2D eigenvalue weighted by Gasteiger charge is -2.48. The molecule has 1 radical (unpaired) electrons. The molecule has 1 fully saturated rings. The van der Waals surface area contributed by atoms with Gasteiger partial charge in [-0.2, -0.15) is 0 Å². The molecular weight excluding hydrogens is 340 g/mol. The van der Waals surface area contributed by atoms with Gasteiger partial charge < -0.3 is 10.2 Å². The first-order valence-electron chi connectivity index (χ1n) is 8.19. The molecule has 4 nitrogen and oxygen atoms in total. The first kappa shape index (κ1) is 17.6. The van der Waals surface area contributed by atoms with E-state index in [1.807, 2.05) is 18.2 Å². The number of rotatable bonds is 3. The molecule has 1 N–H and O–H groups in total. The number of nitrogens with zero attached hydrogens (tertiary/aromatic N) is 3. The zero-order chi connectivity index (χ0) is 17.5. The Kier molecular flexibility index (Phi) is 4.62. The van der Waals surface area contributed by atoms with Gasteiger partial charge in [-0.3, -0.25) is 0 Å². The average Bonchev–Trinajstić information content (AvgIpc) is 2.93. The maximum Gasteiger partial charge on any atom is 0.208 e. The van der Waals surface area contributed by atoms with E-state index in [0.717, 1.165) is 28.5 Å². The summed E-state index contributed by atoms with van der Waals surface area (Å²) in [7, 11) is 2.11. The van der Waals surface area contributed by atoms with Gasteiger partial charge in [0.25, 0.3) is 0 Å². The largest absolute Gasteiger partial charge is 0.347 e. The molecule has 0 bridgehead atoms. The fourth-order valence-corrected chi connectivity index (χ4v) is 4.91. The van der Waals surface area contributed by atoms with Crippen LogP contribution in [0, 0.1) is 6.07 Å². The number of hydrogen-bond donors (Lipinski definition) is 1. The molecule has 3 rings (SSSR count). The quantitative estimate of drug-likeness (QED) is 0.877. The van der Waals surface area contributed by atoms with Gasteiger partial charge in [0.2, 0.25) is 5.13 Å². The van der Waals surface area contributed by atoms with Gasteiger partial charge in [-0.25, -0.2) is 0 Å². The Labute approximate surface area is 153 Å². The lowest BCUT2D eigenvalue weighted by Crippen LogP contribution is -2.61. The molecule has 1 aromatic heterocycles. The number of aromatic nitrogens is 2. The molecule has 1 aliphatic heterocycles. The summed E-state index contributed by atoms with van der Waals surface area (Å²) in [6.07, 6.45) is 2.14. The van der Waals surface area contributed by atoms with Crippen molar-refractivity contribution in [1.29, 1.82) is 0 Å². The Balaban J connectivity index is 1.84. The van der Waals surface area contributed by atoms with Gasteiger partial charge in [-0.1, -0.05) is 35.1 Å². The first-order chi connectivity index (χ1) is 11.2. The van der Waals surface area contributed by atoms with Crippen molar-refractivity contribution in [3.63, 3.8) is 0 Å². The highest BCUT2D eigenvalue weighted by Gasteiger charge is 2.39. The van der Waals surface area contributed by atoms with Gasteiger partial charge in [0.1, 0.15) is 0 Å². The van der Waals surface area contributed by atoms with Crippen molar-refractivity contribution in [3.05, 3.63) is 29.3 Å². The molecule has 2 aromatic rings. The smallest absolute Gasteiger partial charge is 0.208 e. The molecular formula is C18H24ClN4S. The fraction of sp³-hybridized carbons (Fsp3) is 0.556. The predicted octanol–water partition coefficient (Wildman–Crippen LogP) is 4.40. The number of benzene rings is 1. The molecule has 2 heterocycles. The van der Waals surface area contributed by atoms with E-state index < -0.39 is 0 Å². The van der Waals surface area contributed by atoms with Gasteiger partial charge in [0.15, 0.2) is 5.01 Å². The summed E-state index contributed by atoms with van der Waals surface area (Å²) < 4.78 is 0. The Hall–Kier alpha value is -1.17. The van der Waals surface area contributed by atoms with Crippen LogP contribution < -0.4 is 10.2 Å². The number of anilines is 1. The van der Waals surface area contributed by atoms with E-state index in [4.69, 9.17) is 11.6 Å². The predicted molar refractivity (Wildman–Crippen MR) is 102 cm³/mol. The average molecular weight is 364 g/mol. The fourth-order valence-electron chi connectivity index (χ4n) is 3.74. The van der Waals surface area contributed by atoms with Crippen molar-refractivity contribution in [2.75, 3.05) is 11.9 Å². The summed E-state index contributed by atoms with van der Waals surface area (Å²) in [4.78, 5) is 2.27. The van der Waals surface area contributed by atoms with Crippen LogP contribution in [0.4, 0.5) is 5.13 Å². The highest BCUT2D eigenvalue weighted by molar-refractivity contribution is 7.18. The van der Waals surface area contributed by atoms with E-state index >= 15 is 0 Å². The monoisotopic (exact) mass is 363 g/mol. The summed E-state index contributed by atoms with van der Waals surface area (Å²) in [6, 6.07) is 9.16. The van der Waals surface area contributed by atoms with Crippen LogP contribution in [0.15, 0.2) is 18.2 Å². The van der Waals surface area contributed by atoms with Crippen LogP contribution in [0.5, 0.6) is 0 Å². The van der Waals surface area contributed by atoms with Crippen LogP contribution in [0.25, 0.3) is 10.6 Å². The third-order valence-corrected chi connectivity index (χ3v) is 5.80. The summed E-state index contributed by atoms with van der Waals surface area (Å²) in [5, 5.41) is 14.9. The van der Waals surface area contributed by atoms with E-state index in [1.54, 1.807) is 11.3 Å². The Morgan fingerprint density at radius 3 is 2.54 bits per heavy atom. The van der Waals surface area contributed by atoms with Crippen LogP contribution in [0.3, 0.4) is 0 Å². The van der Waals surface area contributed by atoms with E-state index in [1.165, 1.54) is 0 Å². The van der Waals surface area contributed by atoms with Crippen LogP contribution in [-0.4, -0.2) is 34.4 Å². The number of nitrogens with one attached hydrogen (secondary N) is 1. The van der Waals surface area contributed by atoms with Gasteiger partial charge >= 0.3 is 0 Å². The van der Waals surface area contributed by atoms with E-state index in [0.29, 0.717) is 11.1 Å². The Morgan fingerprint density at radius 1 is 1.25 bits per heavy atom. The third-order valence-electron chi connectivity index (χ3n) is 4.45. The van der Waals surface area contributed by atoms with Crippen molar-refractivity contribution in [3.8, 4) is 10.6 Å². The lowest BCUT2D eigenvalue weighted by molar-refractivity contribution is 0.161. The van der Waals surface area contributed by atoms with Crippen molar-refractivity contribution >= 4 is 28.1 Å². The summed E-state index contributed by atoms with van der Waals surface area (Å²) in [6.45, 7) is 9.05. The summed E-state index contributed by atoms with van der Waals surface area (Å²) in [5.41, 5.74) is 1.03. The molecule has 24 heavy (non-hydrogen) atoms. The molecule has 0 spiro atoms. The van der Waals surface area contributed by atoms with Gasteiger partial charge in [-0.15, -0.1) is 10.2 Å². The number of piperidine rings is 1. The molecule has 1 aliphatic rings. The van der Waals surface area contributed by atoms with Crippen LogP contribution in [-0.2, 0) is 0 Å². The standard InChI is InChI=1S/C18H24ClN4S/c1-17(2)10-12(11-18(3,4)22-17)23(5)16-21-20-15(24-16)13-8-6-7-9-14(13)19/h6-7,9,12,22H,10-11H2,1-5H3. The molecule has 129 valence electrons. The van der Waals surface area contributed by atoms with Crippen molar-refractivity contribution in [2.24, 2.45) is 0 Å². The molecule has 0 saturated carbocycles. The van der Waals surface area contributed by atoms with E-state index in [9.17, 15) is 0 Å². The minimum atomic E-state index is 0.102. The van der Waals surface area contributed by atoms with E-state index in [-0.39, 0.29) is 11.1 Å². The summed E-state index contributed by atoms with van der Waals surface area (Å²) >= 11 is 7.83. The highest BCUT2D eigenvalue weighted by Crippen LogP contribution is 2.36. The Bertz CT molecular complexity index is 709. The molecule has 1 aromatic carbocycles. The van der Waals surface area contributed by atoms with Crippen LogP contribution >= 0.6 is 22.9 Å². The van der Waals surface area contributed by atoms with Gasteiger partial charge in [0.05, 0.1) is 5.02 Å². The molecule has 0 unspecified atom stereocenters. The minimum absolute atomic E-state index is 0.102. The zero-order valence-electron chi connectivity index (χ0n) is 14.9.